The zero-order chi connectivity index (χ0) is 13.1. The van der Waals surface area contributed by atoms with Crippen LogP contribution in [0.15, 0.2) is 24.3 Å². The Bertz CT molecular complexity index is 448. The van der Waals surface area contributed by atoms with E-state index < -0.39 is 0 Å². The van der Waals surface area contributed by atoms with Crippen LogP contribution in [0.2, 0.25) is 0 Å². The summed E-state index contributed by atoms with van der Waals surface area (Å²) in [6.07, 6.45) is 0. The Labute approximate surface area is 106 Å². The molecule has 0 aliphatic carbocycles. The van der Waals surface area contributed by atoms with E-state index in [1.807, 2.05) is 0 Å². The van der Waals surface area contributed by atoms with Gasteiger partial charge in [0.15, 0.2) is 0 Å². The van der Waals surface area contributed by atoms with Crippen LogP contribution in [0, 0.1) is 0 Å². The Hall–Kier alpha value is -2.04. The quantitative estimate of drug-likeness (QED) is 0.795. The molecule has 0 saturated carbocycles. The Morgan fingerprint density at radius 1 is 1.00 bits per heavy atom. The number of phenolic OH excluding ortho intramolecular Hbond substituents is 1. The number of piperazine rings is 1. The molecule has 2 amide bonds. The number of nitrogens with zero attached hydrogens (tertiary/aromatic N) is 2. The van der Waals surface area contributed by atoms with Gasteiger partial charge in [-0.25, -0.2) is 0 Å². The van der Waals surface area contributed by atoms with Gasteiger partial charge in [-0.3, -0.25) is 9.59 Å². The van der Waals surface area contributed by atoms with Crippen LogP contribution in [0.25, 0.3) is 0 Å². The van der Waals surface area contributed by atoms with Crippen molar-refractivity contribution >= 4 is 11.8 Å². The van der Waals surface area contributed by atoms with Gasteiger partial charge in [-0.05, 0) is 24.3 Å². The zero-order valence-corrected chi connectivity index (χ0v) is 10.3. The number of aromatic hydroxyl groups is 1. The van der Waals surface area contributed by atoms with E-state index in [4.69, 9.17) is 0 Å². The van der Waals surface area contributed by atoms with Gasteiger partial charge in [0.05, 0.1) is 0 Å². The van der Waals surface area contributed by atoms with E-state index in [0.29, 0.717) is 31.7 Å². The van der Waals surface area contributed by atoms with Crippen molar-refractivity contribution in [3.8, 4) is 5.75 Å². The largest absolute Gasteiger partial charge is 0.508 e. The maximum atomic E-state index is 12.1. The molecule has 0 atom stereocenters. The van der Waals surface area contributed by atoms with Crippen molar-refractivity contribution in [1.82, 2.24) is 9.80 Å². The summed E-state index contributed by atoms with van der Waals surface area (Å²) in [6.45, 7) is 3.81. The van der Waals surface area contributed by atoms with Crippen LogP contribution < -0.4 is 0 Å². The first-order chi connectivity index (χ1) is 8.58. The summed E-state index contributed by atoms with van der Waals surface area (Å²) in [5.41, 5.74) is 0.559. The van der Waals surface area contributed by atoms with Gasteiger partial charge in [-0.1, -0.05) is 0 Å². The van der Waals surface area contributed by atoms with Gasteiger partial charge in [0.25, 0.3) is 5.91 Å². The lowest BCUT2D eigenvalue weighted by molar-refractivity contribution is -0.130. The first-order valence-electron chi connectivity index (χ1n) is 5.92. The third-order valence-electron chi connectivity index (χ3n) is 3.13. The number of rotatable bonds is 1. The van der Waals surface area contributed by atoms with Gasteiger partial charge in [0.1, 0.15) is 5.75 Å². The summed E-state index contributed by atoms with van der Waals surface area (Å²) in [5.74, 6) is 0.137. The molecule has 1 saturated heterocycles. The number of carbonyl (C=O) groups excluding carboxylic acids is 2. The van der Waals surface area contributed by atoms with Crippen molar-refractivity contribution in [2.24, 2.45) is 0 Å². The van der Waals surface area contributed by atoms with E-state index in [1.54, 1.807) is 21.9 Å². The summed E-state index contributed by atoms with van der Waals surface area (Å²) in [5, 5.41) is 9.18. The van der Waals surface area contributed by atoms with Crippen LogP contribution in [0.1, 0.15) is 17.3 Å². The Kier molecular flexibility index (Phi) is 3.50. The monoisotopic (exact) mass is 248 g/mol. The Balaban J connectivity index is 1.99. The molecule has 1 aliphatic heterocycles. The first kappa shape index (κ1) is 12.4. The standard InChI is InChI=1S/C13H16N2O3/c1-10(16)14-6-8-15(9-7-14)13(18)11-2-4-12(17)5-3-11/h2-5,17H,6-9H2,1H3. The van der Waals surface area contributed by atoms with E-state index >= 15 is 0 Å². The maximum absolute atomic E-state index is 12.1. The van der Waals surface area contributed by atoms with Crippen LogP contribution in [-0.4, -0.2) is 52.9 Å². The SMILES string of the molecule is CC(=O)N1CCN(C(=O)c2ccc(O)cc2)CC1. The second-order valence-corrected chi connectivity index (χ2v) is 4.35. The van der Waals surface area contributed by atoms with Gasteiger partial charge in [0, 0.05) is 38.7 Å². The predicted molar refractivity (Wildman–Crippen MR) is 66.3 cm³/mol. The lowest BCUT2D eigenvalue weighted by Crippen LogP contribution is -2.50. The average molecular weight is 248 g/mol. The Morgan fingerprint density at radius 2 is 1.50 bits per heavy atom. The molecule has 1 heterocycles. The molecule has 0 bridgehead atoms. The fourth-order valence-electron chi connectivity index (χ4n) is 2.01. The molecule has 5 heteroatoms. The average Bonchev–Trinajstić information content (AvgIpc) is 2.39. The summed E-state index contributed by atoms with van der Waals surface area (Å²) >= 11 is 0. The second-order valence-electron chi connectivity index (χ2n) is 4.35. The number of hydrogen-bond acceptors (Lipinski definition) is 3. The Morgan fingerprint density at radius 3 is 2.00 bits per heavy atom. The number of amides is 2. The highest BCUT2D eigenvalue weighted by Gasteiger charge is 2.22. The minimum absolute atomic E-state index is 0.0479. The van der Waals surface area contributed by atoms with Crippen molar-refractivity contribution in [2.45, 2.75) is 6.92 Å². The molecular weight excluding hydrogens is 232 g/mol. The van der Waals surface area contributed by atoms with Crippen molar-refractivity contribution in [1.29, 1.82) is 0 Å². The number of carbonyl (C=O) groups is 2. The van der Waals surface area contributed by atoms with Crippen molar-refractivity contribution in [2.75, 3.05) is 26.2 Å². The molecule has 0 aromatic heterocycles. The minimum Gasteiger partial charge on any atom is -0.508 e. The lowest BCUT2D eigenvalue weighted by Gasteiger charge is -2.34. The van der Waals surface area contributed by atoms with E-state index in [1.165, 1.54) is 19.1 Å². The van der Waals surface area contributed by atoms with Gasteiger partial charge >= 0.3 is 0 Å². The van der Waals surface area contributed by atoms with E-state index in [0.717, 1.165) is 0 Å². The zero-order valence-electron chi connectivity index (χ0n) is 10.3. The highest BCUT2D eigenvalue weighted by molar-refractivity contribution is 5.94. The van der Waals surface area contributed by atoms with Gasteiger partial charge in [0.2, 0.25) is 5.91 Å². The number of phenols is 1. The van der Waals surface area contributed by atoms with E-state index in [-0.39, 0.29) is 17.6 Å². The van der Waals surface area contributed by atoms with Crippen LogP contribution >= 0.6 is 0 Å². The molecular formula is C13H16N2O3. The summed E-state index contributed by atoms with van der Waals surface area (Å²) in [6, 6.07) is 6.21. The lowest BCUT2D eigenvalue weighted by atomic mass is 10.1. The third kappa shape index (κ3) is 2.61. The molecule has 0 radical (unpaired) electrons. The minimum atomic E-state index is -0.0572. The van der Waals surface area contributed by atoms with Gasteiger partial charge in [-0.2, -0.15) is 0 Å². The molecule has 1 fully saturated rings. The van der Waals surface area contributed by atoms with Gasteiger partial charge in [-0.15, -0.1) is 0 Å². The molecule has 1 aromatic carbocycles. The molecule has 0 unspecified atom stereocenters. The highest BCUT2D eigenvalue weighted by atomic mass is 16.3. The molecule has 96 valence electrons. The fraction of sp³-hybridized carbons (Fsp3) is 0.385. The van der Waals surface area contributed by atoms with Crippen molar-refractivity contribution in [3.05, 3.63) is 29.8 Å². The van der Waals surface area contributed by atoms with Crippen LogP contribution in [0.3, 0.4) is 0 Å². The van der Waals surface area contributed by atoms with E-state index in [2.05, 4.69) is 0 Å². The highest BCUT2D eigenvalue weighted by Crippen LogP contribution is 2.13. The number of benzene rings is 1. The molecule has 1 aromatic rings. The number of hydrogen-bond donors (Lipinski definition) is 1. The summed E-state index contributed by atoms with van der Waals surface area (Å²) in [4.78, 5) is 26.8. The molecule has 1 N–H and O–H groups in total. The van der Waals surface area contributed by atoms with Crippen LogP contribution in [0.5, 0.6) is 5.75 Å². The molecule has 5 nitrogen and oxygen atoms in total. The summed E-state index contributed by atoms with van der Waals surface area (Å²) in [7, 11) is 0. The second kappa shape index (κ2) is 5.08. The summed E-state index contributed by atoms with van der Waals surface area (Å²) < 4.78 is 0. The molecule has 2 rings (SSSR count). The van der Waals surface area contributed by atoms with Crippen LogP contribution in [-0.2, 0) is 4.79 Å². The van der Waals surface area contributed by atoms with Gasteiger partial charge < -0.3 is 14.9 Å². The van der Waals surface area contributed by atoms with E-state index in [9.17, 15) is 14.7 Å². The third-order valence-corrected chi connectivity index (χ3v) is 3.13. The predicted octanol–water partition coefficient (Wildman–Crippen LogP) is 0.696. The normalized spacial score (nSPS) is 15.6. The van der Waals surface area contributed by atoms with Crippen molar-refractivity contribution < 1.29 is 14.7 Å². The fourth-order valence-corrected chi connectivity index (χ4v) is 2.01. The molecule has 1 aliphatic rings. The maximum Gasteiger partial charge on any atom is 0.253 e. The molecule has 0 spiro atoms. The molecule has 18 heavy (non-hydrogen) atoms. The smallest absolute Gasteiger partial charge is 0.253 e. The van der Waals surface area contributed by atoms with Crippen molar-refractivity contribution in [3.63, 3.8) is 0 Å². The first-order valence-corrected chi connectivity index (χ1v) is 5.92. The van der Waals surface area contributed by atoms with Crippen LogP contribution in [0.4, 0.5) is 0 Å². The topological polar surface area (TPSA) is 60.9 Å².